The third-order valence-electron chi connectivity index (χ3n) is 2.27. The predicted molar refractivity (Wildman–Crippen MR) is 50.4 cm³/mol. The van der Waals surface area contributed by atoms with Crippen LogP contribution in [0.1, 0.15) is 10.4 Å². The summed E-state index contributed by atoms with van der Waals surface area (Å²) in [5.41, 5.74) is 0.983. The van der Waals surface area contributed by atoms with E-state index in [0.717, 1.165) is 6.29 Å². The number of carbonyl (C=O) groups excluding carboxylic acids is 1. The van der Waals surface area contributed by atoms with Crippen molar-refractivity contribution >= 4 is 17.3 Å². The Morgan fingerprint density at radius 1 is 1.33 bits per heavy atom. The van der Waals surface area contributed by atoms with E-state index in [9.17, 15) is 4.79 Å². The van der Waals surface area contributed by atoms with Crippen molar-refractivity contribution in [2.24, 2.45) is 0 Å². The van der Waals surface area contributed by atoms with Crippen molar-refractivity contribution < 1.29 is 18.7 Å². The second kappa shape index (κ2) is 2.98. The molecule has 1 aliphatic heterocycles. The largest absolute Gasteiger partial charge is 0.482 e. The van der Waals surface area contributed by atoms with Gasteiger partial charge in [-0.05, 0) is 0 Å². The molecule has 0 aromatic carbocycles. The van der Waals surface area contributed by atoms with Crippen molar-refractivity contribution in [1.82, 2.24) is 4.98 Å². The average Bonchev–Trinajstić information content (AvgIpc) is 2.72. The van der Waals surface area contributed by atoms with Crippen LogP contribution in [0.15, 0.2) is 16.9 Å². The SMILES string of the molecule is O=Cc1coc2c3c(ncc12)OCCO3. The zero-order chi connectivity index (χ0) is 10.3. The molecule has 0 radical (unpaired) electrons. The summed E-state index contributed by atoms with van der Waals surface area (Å²) >= 11 is 0. The van der Waals surface area contributed by atoms with Crippen LogP contribution in [-0.2, 0) is 0 Å². The zero-order valence-corrected chi connectivity index (χ0v) is 7.73. The molecule has 0 spiro atoms. The molecule has 0 amide bonds. The highest BCUT2D eigenvalue weighted by atomic mass is 16.6. The van der Waals surface area contributed by atoms with Crippen molar-refractivity contribution in [3.05, 3.63) is 18.0 Å². The summed E-state index contributed by atoms with van der Waals surface area (Å²) in [4.78, 5) is 14.8. The number of hydrogen-bond acceptors (Lipinski definition) is 5. The van der Waals surface area contributed by atoms with Gasteiger partial charge in [-0.25, -0.2) is 4.98 Å². The predicted octanol–water partition coefficient (Wildman–Crippen LogP) is 1.41. The Morgan fingerprint density at radius 2 is 2.20 bits per heavy atom. The van der Waals surface area contributed by atoms with E-state index >= 15 is 0 Å². The monoisotopic (exact) mass is 205 g/mol. The third-order valence-corrected chi connectivity index (χ3v) is 2.27. The highest BCUT2D eigenvalue weighted by Gasteiger charge is 2.20. The van der Waals surface area contributed by atoms with Gasteiger partial charge in [0.2, 0.25) is 5.75 Å². The molecule has 1 aliphatic rings. The summed E-state index contributed by atoms with van der Waals surface area (Å²) in [6, 6.07) is 0. The molecule has 76 valence electrons. The number of fused-ring (bicyclic) bond motifs is 3. The lowest BCUT2D eigenvalue weighted by molar-refractivity contribution is 0.112. The molecule has 0 N–H and O–H groups in total. The summed E-state index contributed by atoms with van der Waals surface area (Å²) < 4.78 is 15.9. The van der Waals surface area contributed by atoms with Gasteiger partial charge in [-0.2, -0.15) is 0 Å². The summed E-state index contributed by atoms with van der Waals surface area (Å²) in [6.45, 7) is 0.942. The minimum Gasteiger partial charge on any atom is -0.482 e. The second-order valence-corrected chi connectivity index (χ2v) is 3.14. The van der Waals surface area contributed by atoms with Gasteiger partial charge in [0.1, 0.15) is 19.5 Å². The van der Waals surface area contributed by atoms with E-state index in [0.29, 0.717) is 41.4 Å². The van der Waals surface area contributed by atoms with Gasteiger partial charge in [0.15, 0.2) is 11.9 Å². The summed E-state index contributed by atoms with van der Waals surface area (Å²) in [6.07, 6.45) is 3.66. The molecule has 0 fully saturated rings. The summed E-state index contributed by atoms with van der Waals surface area (Å²) in [7, 11) is 0. The van der Waals surface area contributed by atoms with Gasteiger partial charge in [0.25, 0.3) is 5.88 Å². The van der Waals surface area contributed by atoms with E-state index in [4.69, 9.17) is 13.9 Å². The van der Waals surface area contributed by atoms with Gasteiger partial charge in [-0.15, -0.1) is 0 Å². The van der Waals surface area contributed by atoms with Crippen LogP contribution in [0.2, 0.25) is 0 Å². The van der Waals surface area contributed by atoms with Crippen molar-refractivity contribution in [2.75, 3.05) is 13.2 Å². The summed E-state index contributed by atoms with van der Waals surface area (Å²) in [5, 5.41) is 0.647. The zero-order valence-electron chi connectivity index (χ0n) is 7.73. The van der Waals surface area contributed by atoms with E-state index in [2.05, 4.69) is 4.98 Å². The molecule has 3 rings (SSSR count). The smallest absolute Gasteiger partial charge is 0.261 e. The molecule has 0 saturated carbocycles. The minimum absolute atomic E-state index is 0.417. The molecule has 0 unspecified atom stereocenters. The van der Waals surface area contributed by atoms with E-state index in [-0.39, 0.29) is 0 Å². The second-order valence-electron chi connectivity index (χ2n) is 3.14. The molecule has 5 nitrogen and oxygen atoms in total. The number of carbonyl (C=O) groups is 1. The molecule has 0 atom stereocenters. The highest BCUT2D eigenvalue weighted by molar-refractivity contribution is 5.98. The number of pyridine rings is 1. The van der Waals surface area contributed by atoms with Crippen LogP contribution < -0.4 is 9.47 Å². The number of ether oxygens (including phenoxy) is 2. The fraction of sp³-hybridized carbons (Fsp3) is 0.200. The first kappa shape index (κ1) is 8.28. The van der Waals surface area contributed by atoms with Crippen molar-refractivity contribution in [2.45, 2.75) is 0 Å². The molecular formula is C10H7NO4. The molecule has 0 aliphatic carbocycles. The van der Waals surface area contributed by atoms with Gasteiger partial charge in [0.05, 0.1) is 10.9 Å². The van der Waals surface area contributed by atoms with Crippen molar-refractivity contribution in [3.63, 3.8) is 0 Å². The van der Waals surface area contributed by atoms with Crippen LogP contribution in [0.4, 0.5) is 0 Å². The van der Waals surface area contributed by atoms with Crippen LogP contribution in [0.3, 0.4) is 0 Å². The molecule has 2 aromatic heterocycles. The molecule has 15 heavy (non-hydrogen) atoms. The van der Waals surface area contributed by atoms with Crippen LogP contribution in [0, 0.1) is 0 Å². The van der Waals surface area contributed by atoms with E-state index in [1.807, 2.05) is 0 Å². The maximum Gasteiger partial charge on any atom is 0.261 e. The van der Waals surface area contributed by atoms with Crippen LogP contribution in [0.5, 0.6) is 11.6 Å². The molecule has 0 saturated heterocycles. The third kappa shape index (κ3) is 1.09. The number of aromatic nitrogens is 1. The molecule has 2 aromatic rings. The molecule has 3 heterocycles. The summed E-state index contributed by atoms with van der Waals surface area (Å²) in [5.74, 6) is 0.896. The fourth-order valence-electron chi connectivity index (χ4n) is 1.57. The fourth-order valence-corrected chi connectivity index (χ4v) is 1.57. The van der Waals surface area contributed by atoms with Crippen molar-refractivity contribution in [3.8, 4) is 11.6 Å². The van der Waals surface area contributed by atoms with Gasteiger partial charge in [-0.1, -0.05) is 0 Å². The van der Waals surface area contributed by atoms with E-state index in [1.165, 1.54) is 6.26 Å². The average molecular weight is 205 g/mol. The Hall–Kier alpha value is -2.04. The molecule has 5 heteroatoms. The van der Waals surface area contributed by atoms with Gasteiger partial charge < -0.3 is 13.9 Å². The van der Waals surface area contributed by atoms with Crippen molar-refractivity contribution in [1.29, 1.82) is 0 Å². The lowest BCUT2D eigenvalue weighted by Crippen LogP contribution is -2.16. The Kier molecular flexibility index (Phi) is 1.65. The number of rotatable bonds is 1. The first-order valence-corrected chi connectivity index (χ1v) is 4.51. The Morgan fingerprint density at radius 3 is 3.07 bits per heavy atom. The highest BCUT2D eigenvalue weighted by Crippen LogP contribution is 2.37. The number of furan rings is 1. The van der Waals surface area contributed by atoms with E-state index < -0.39 is 0 Å². The van der Waals surface area contributed by atoms with Crippen LogP contribution in [0.25, 0.3) is 11.0 Å². The molecule has 0 bridgehead atoms. The lowest BCUT2D eigenvalue weighted by atomic mass is 10.2. The maximum atomic E-state index is 10.7. The Bertz CT molecular complexity index is 531. The first-order valence-electron chi connectivity index (χ1n) is 4.51. The lowest BCUT2D eigenvalue weighted by Gasteiger charge is -2.16. The number of aldehydes is 1. The van der Waals surface area contributed by atoms with Gasteiger partial charge >= 0.3 is 0 Å². The normalized spacial score (nSPS) is 14.1. The number of nitrogens with zero attached hydrogens (tertiary/aromatic N) is 1. The Labute approximate surface area is 84.6 Å². The minimum atomic E-state index is 0.417. The van der Waals surface area contributed by atoms with Crippen LogP contribution in [-0.4, -0.2) is 24.5 Å². The maximum absolute atomic E-state index is 10.7. The topological polar surface area (TPSA) is 61.6 Å². The van der Waals surface area contributed by atoms with Crippen LogP contribution >= 0.6 is 0 Å². The van der Waals surface area contributed by atoms with E-state index in [1.54, 1.807) is 6.20 Å². The Balaban J connectivity index is 2.32. The number of hydrogen-bond donors (Lipinski definition) is 0. The van der Waals surface area contributed by atoms with Gasteiger partial charge in [0, 0.05) is 6.20 Å². The first-order chi connectivity index (χ1) is 7.40. The quantitative estimate of drug-likeness (QED) is 0.658. The van der Waals surface area contributed by atoms with Gasteiger partial charge in [-0.3, -0.25) is 4.79 Å². The standard InChI is InChI=1S/C10H7NO4/c12-4-6-5-15-8-7(6)3-11-10-9(8)13-1-2-14-10/h3-5H,1-2H2. The molecular weight excluding hydrogens is 198 g/mol.